The Morgan fingerprint density at radius 2 is 1.86 bits per heavy atom. The van der Waals surface area contributed by atoms with Crippen LogP contribution in [0.5, 0.6) is 5.75 Å². The summed E-state index contributed by atoms with van der Waals surface area (Å²) in [5.74, 6) is 1.02. The Labute approximate surface area is 160 Å². The van der Waals surface area contributed by atoms with Gasteiger partial charge in [0.05, 0.1) is 11.0 Å². The van der Waals surface area contributed by atoms with E-state index in [1.54, 1.807) is 24.3 Å². The molecule has 0 saturated heterocycles. The quantitative estimate of drug-likeness (QED) is 0.428. The molecule has 1 heterocycles. The van der Waals surface area contributed by atoms with Crippen LogP contribution in [0.2, 0.25) is 0 Å². The summed E-state index contributed by atoms with van der Waals surface area (Å²) < 4.78 is 24.2. The maximum Gasteiger partial charge on any atom is 0.269 e. The van der Waals surface area contributed by atoms with Crippen molar-refractivity contribution in [3.8, 4) is 17.2 Å². The number of benzene rings is 2. The van der Waals surface area contributed by atoms with Gasteiger partial charge in [-0.15, -0.1) is 10.2 Å². The molecule has 8 nitrogen and oxygen atoms in total. The molecule has 2 aromatic carbocycles. The molecule has 0 aliphatic rings. The molecule has 0 unspecified atom stereocenters. The first kappa shape index (κ1) is 19.4. The predicted octanol–water partition coefficient (Wildman–Crippen LogP) is 3.86. The zero-order valence-corrected chi connectivity index (χ0v) is 15.4. The molecular formula is C19H19FN4O4. The van der Waals surface area contributed by atoms with Crippen LogP contribution in [-0.4, -0.2) is 40.2 Å². The second-order valence-electron chi connectivity index (χ2n) is 6.21. The van der Waals surface area contributed by atoms with E-state index < -0.39 is 4.92 Å². The molecule has 0 fully saturated rings. The summed E-state index contributed by atoms with van der Waals surface area (Å²) in [6, 6.07) is 11.6. The van der Waals surface area contributed by atoms with Crippen molar-refractivity contribution in [3.63, 3.8) is 0 Å². The molecule has 3 rings (SSSR count). The van der Waals surface area contributed by atoms with E-state index in [-0.39, 0.29) is 17.5 Å². The van der Waals surface area contributed by atoms with Crippen LogP contribution in [0.25, 0.3) is 11.5 Å². The molecule has 146 valence electrons. The van der Waals surface area contributed by atoms with Gasteiger partial charge in [0.1, 0.15) is 18.2 Å². The number of ether oxygens (including phenoxy) is 1. The average molecular weight is 386 g/mol. The van der Waals surface area contributed by atoms with Crippen molar-refractivity contribution in [1.29, 1.82) is 0 Å². The molecule has 9 heteroatoms. The normalized spacial score (nSPS) is 12.1. The van der Waals surface area contributed by atoms with Gasteiger partial charge in [0.2, 0.25) is 11.8 Å². The number of non-ortho nitro benzene ring substituents is 1. The highest BCUT2D eigenvalue weighted by Crippen LogP contribution is 2.24. The second kappa shape index (κ2) is 8.57. The molecule has 1 atom stereocenters. The molecule has 0 N–H and O–H groups in total. The number of nitro groups is 1. The monoisotopic (exact) mass is 386 g/mol. The van der Waals surface area contributed by atoms with Crippen LogP contribution in [0.1, 0.15) is 18.9 Å². The summed E-state index contributed by atoms with van der Waals surface area (Å²) in [6.45, 7) is 2.93. The van der Waals surface area contributed by atoms with Gasteiger partial charge in [-0.3, -0.25) is 15.0 Å². The van der Waals surface area contributed by atoms with Crippen LogP contribution in [0.4, 0.5) is 10.1 Å². The largest absolute Gasteiger partial charge is 0.492 e. The predicted molar refractivity (Wildman–Crippen MR) is 99.3 cm³/mol. The van der Waals surface area contributed by atoms with E-state index in [1.807, 2.05) is 18.9 Å². The van der Waals surface area contributed by atoms with Gasteiger partial charge in [0, 0.05) is 24.2 Å². The van der Waals surface area contributed by atoms with Crippen LogP contribution in [-0.2, 0) is 0 Å². The minimum absolute atomic E-state index is 0.00209. The molecule has 0 saturated carbocycles. The molecule has 1 aromatic heterocycles. The zero-order valence-electron chi connectivity index (χ0n) is 15.4. The van der Waals surface area contributed by atoms with E-state index in [4.69, 9.17) is 9.15 Å². The lowest BCUT2D eigenvalue weighted by molar-refractivity contribution is -0.384. The summed E-state index contributed by atoms with van der Waals surface area (Å²) in [6.07, 6.45) is 0. The minimum atomic E-state index is -0.464. The summed E-state index contributed by atoms with van der Waals surface area (Å²) in [7, 11) is 1.90. The topological polar surface area (TPSA) is 94.5 Å². The molecule has 28 heavy (non-hydrogen) atoms. The van der Waals surface area contributed by atoms with Crippen LogP contribution >= 0.6 is 0 Å². The molecule has 0 bridgehead atoms. The van der Waals surface area contributed by atoms with E-state index in [2.05, 4.69) is 10.2 Å². The average Bonchev–Trinajstić information content (AvgIpc) is 3.19. The number of likely N-dealkylation sites (N-methyl/N-ethyl adjacent to an activating group) is 1. The van der Waals surface area contributed by atoms with Crippen LogP contribution < -0.4 is 4.74 Å². The molecule has 0 aliphatic heterocycles. The maximum absolute atomic E-state index is 12.9. The van der Waals surface area contributed by atoms with Crippen molar-refractivity contribution in [2.45, 2.75) is 13.0 Å². The number of aromatic nitrogens is 2. The smallest absolute Gasteiger partial charge is 0.269 e. The first-order chi connectivity index (χ1) is 13.4. The van der Waals surface area contributed by atoms with E-state index in [1.165, 1.54) is 24.3 Å². The Morgan fingerprint density at radius 3 is 2.50 bits per heavy atom. The van der Waals surface area contributed by atoms with Crippen LogP contribution in [0, 0.1) is 15.9 Å². The third kappa shape index (κ3) is 4.68. The lowest BCUT2D eigenvalue weighted by Crippen LogP contribution is -2.27. The van der Waals surface area contributed by atoms with E-state index in [0.717, 1.165) is 0 Å². The summed E-state index contributed by atoms with van der Waals surface area (Å²) in [5, 5.41) is 18.8. The van der Waals surface area contributed by atoms with E-state index >= 15 is 0 Å². The van der Waals surface area contributed by atoms with Gasteiger partial charge in [-0.05, 0) is 50.4 Å². The lowest BCUT2D eigenvalue weighted by atomic mass is 10.2. The minimum Gasteiger partial charge on any atom is -0.492 e. The lowest BCUT2D eigenvalue weighted by Gasteiger charge is -2.21. The molecule has 3 aromatic rings. The fourth-order valence-electron chi connectivity index (χ4n) is 2.47. The number of hydrogen-bond acceptors (Lipinski definition) is 7. The first-order valence-corrected chi connectivity index (χ1v) is 8.61. The van der Waals surface area contributed by atoms with E-state index in [0.29, 0.717) is 36.2 Å². The van der Waals surface area contributed by atoms with Crippen molar-refractivity contribution >= 4 is 5.69 Å². The summed E-state index contributed by atoms with van der Waals surface area (Å²) >= 11 is 0. The van der Waals surface area contributed by atoms with Crippen LogP contribution in [0.15, 0.2) is 52.9 Å². The second-order valence-corrected chi connectivity index (χ2v) is 6.21. The molecule has 0 radical (unpaired) electrons. The number of hydrogen-bond donors (Lipinski definition) is 0. The standard InChI is InChI=1S/C19H19FN4O4/c1-13(23(2)11-12-27-17-9-5-15(20)6-10-17)18-21-22-19(28-18)14-3-7-16(8-4-14)24(25)26/h3-10,13H,11-12H2,1-2H3/t13-/m1/s1. The van der Waals surface area contributed by atoms with Gasteiger partial charge in [0.25, 0.3) is 5.69 Å². The van der Waals surface area contributed by atoms with Gasteiger partial charge < -0.3 is 9.15 Å². The third-order valence-electron chi connectivity index (χ3n) is 4.31. The summed E-state index contributed by atoms with van der Waals surface area (Å²) in [5.41, 5.74) is 0.608. The number of rotatable bonds is 8. The zero-order chi connectivity index (χ0) is 20.1. The van der Waals surface area contributed by atoms with Crippen molar-refractivity contribution in [3.05, 3.63) is 70.4 Å². The fourth-order valence-corrected chi connectivity index (χ4v) is 2.47. The Bertz CT molecular complexity index is 928. The van der Waals surface area contributed by atoms with Crippen molar-refractivity contribution in [2.75, 3.05) is 20.2 Å². The fraction of sp³-hybridized carbons (Fsp3) is 0.263. The van der Waals surface area contributed by atoms with Gasteiger partial charge in [-0.1, -0.05) is 0 Å². The molecular weight excluding hydrogens is 367 g/mol. The maximum atomic E-state index is 12.9. The molecule has 0 aliphatic carbocycles. The SMILES string of the molecule is C[C@H](c1nnc(-c2ccc([N+](=O)[O-])cc2)o1)N(C)CCOc1ccc(F)cc1. The third-order valence-corrected chi connectivity index (χ3v) is 4.31. The van der Waals surface area contributed by atoms with Gasteiger partial charge in [-0.2, -0.15) is 0 Å². The molecule has 0 spiro atoms. The van der Waals surface area contributed by atoms with Crippen LogP contribution in [0.3, 0.4) is 0 Å². The first-order valence-electron chi connectivity index (χ1n) is 8.61. The highest BCUT2D eigenvalue weighted by atomic mass is 19.1. The Hall–Kier alpha value is -3.33. The van der Waals surface area contributed by atoms with Crippen molar-refractivity contribution in [1.82, 2.24) is 15.1 Å². The number of nitro benzene ring substituents is 1. The highest BCUT2D eigenvalue weighted by Gasteiger charge is 2.19. The Kier molecular flexibility index (Phi) is 5.95. The van der Waals surface area contributed by atoms with Gasteiger partial charge >= 0.3 is 0 Å². The summed E-state index contributed by atoms with van der Waals surface area (Å²) in [4.78, 5) is 12.2. The highest BCUT2D eigenvalue weighted by molar-refractivity contribution is 5.55. The van der Waals surface area contributed by atoms with Gasteiger partial charge in [-0.25, -0.2) is 4.39 Å². The Balaban J connectivity index is 1.57. The van der Waals surface area contributed by atoms with E-state index in [9.17, 15) is 14.5 Å². The Morgan fingerprint density at radius 1 is 1.18 bits per heavy atom. The molecule has 0 amide bonds. The van der Waals surface area contributed by atoms with Crippen molar-refractivity contribution < 1.29 is 18.5 Å². The number of halogens is 1. The van der Waals surface area contributed by atoms with Gasteiger partial charge in [0.15, 0.2) is 0 Å². The number of nitrogens with zero attached hydrogens (tertiary/aromatic N) is 4. The van der Waals surface area contributed by atoms with Crippen molar-refractivity contribution in [2.24, 2.45) is 0 Å².